The fourth-order valence-electron chi connectivity index (χ4n) is 1.99. The van der Waals surface area contributed by atoms with E-state index in [2.05, 4.69) is 30.8 Å². The molecule has 0 bridgehead atoms. The highest BCUT2D eigenvalue weighted by Crippen LogP contribution is 2.31. The normalized spacial score (nSPS) is 20.9. The van der Waals surface area contributed by atoms with Gasteiger partial charge in [0.15, 0.2) is 0 Å². The predicted molar refractivity (Wildman–Crippen MR) is 58.8 cm³/mol. The topological polar surface area (TPSA) is 44.5 Å². The third-order valence-corrected chi connectivity index (χ3v) is 2.84. The zero-order valence-electron chi connectivity index (χ0n) is 9.19. The van der Waals surface area contributed by atoms with Crippen molar-refractivity contribution in [1.82, 2.24) is 0 Å². The molecular formula is C12H17NO2. The zero-order chi connectivity index (χ0) is 10.8. The molecule has 0 saturated carbocycles. The largest absolute Gasteiger partial charge is 0.490 e. The molecule has 0 saturated heterocycles. The summed E-state index contributed by atoms with van der Waals surface area (Å²) in [4.78, 5) is 4.67. The van der Waals surface area contributed by atoms with Crippen LogP contribution in [0.15, 0.2) is 18.2 Å². The first-order valence-corrected chi connectivity index (χ1v) is 5.32. The average molecular weight is 207 g/mol. The number of fused-ring (bicyclic) bond motifs is 1. The molecule has 1 aliphatic rings. The van der Waals surface area contributed by atoms with Gasteiger partial charge < -0.3 is 9.57 Å². The van der Waals surface area contributed by atoms with Crippen LogP contribution in [-0.4, -0.2) is 12.7 Å². The number of benzene rings is 1. The molecule has 2 atom stereocenters. The van der Waals surface area contributed by atoms with Crippen LogP contribution in [0.4, 0.5) is 0 Å². The summed E-state index contributed by atoms with van der Waals surface area (Å²) in [5, 5.41) is 0. The monoisotopic (exact) mass is 207 g/mol. The van der Waals surface area contributed by atoms with Crippen LogP contribution in [0.1, 0.15) is 30.9 Å². The molecule has 82 valence electrons. The number of hydrogen-bond acceptors (Lipinski definition) is 3. The van der Waals surface area contributed by atoms with Gasteiger partial charge in [-0.25, -0.2) is 5.90 Å². The van der Waals surface area contributed by atoms with Crippen molar-refractivity contribution in [3.63, 3.8) is 0 Å². The zero-order valence-corrected chi connectivity index (χ0v) is 9.19. The Balaban J connectivity index is 2.19. The molecule has 0 fully saturated rings. The Kier molecular flexibility index (Phi) is 2.93. The predicted octanol–water partition coefficient (Wildman–Crippen LogP) is 2.00. The van der Waals surface area contributed by atoms with Crippen LogP contribution in [0.25, 0.3) is 0 Å². The van der Waals surface area contributed by atoms with Gasteiger partial charge in [0.1, 0.15) is 11.9 Å². The third-order valence-electron chi connectivity index (χ3n) is 2.84. The van der Waals surface area contributed by atoms with Crippen molar-refractivity contribution in [3.05, 3.63) is 29.3 Å². The molecule has 15 heavy (non-hydrogen) atoms. The Labute approximate surface area is 90.1 Å². The Morgan fingerprint density at radius 3 is 3.13 bits per heavy atom. The van der Waals surface area contributed by atoms with E-state index in [1.165, 1.54) is 11.1 Å². The summed E-state index contributed by atoms with van der Waals surface area (Å²) in [5.41, 5.74) is 2.56. The fraction of sp³-hybridized carbons (Fsp3) is 0.500. The molecule has 1 heterocycles. The van der Waals surface area contributed by atoms with E-state index in [0.29, 0.717) is 18.6 Å². The molecule has 0 spiro atoms. The maximum absolute atomic E-state index is 5.65. The van der Waals surface area contributed by atoms with Crippen LogP contribution in [0.2, 0.25) is 0 Å². The highest BCUT2D eigenvalue weighted by atomic mass is 16.6. The quantitative estimate of drug-likeness (QED) is 0.771. The smallest absolute Gasteiger partial charge is 0.123 e. The maximum atomic E-state index is 5.65. The minimum Gasteiger partial charge on any atom is -0.490 e. The van der Waals surface area contributed by atoms with Crippen LogP contribution in [0, 0.1) is 0 Å². The van der Waals surface area contributed by atoms with Gasteiger partial charge in [-0.1, -0.05) is 19.1 Å². The maximum Gasteiger partial charge on any atom is 0.123 e. The molecule has 2 N–H and O–H groups in total. The van der Waals surface area contributed by atoms with Crippen LogP contribution in [0.3, 0.4) is 0 Å². The number of nitrogens with two attached hydrogens (primary N) is 1. The Hall–Kier alpha value is -1.06. The van der Waals surface area contributed by atoms with E-state index in [-0.39, 0.29) is 0 Å². The summed E-state index contributed by atoms with van der Waals surface area (Å²) in [6.45, 7) is 4.75. The SMILES string of the molecule is CC1Cc2cc(C(C)CON)ccc2O1. The van der Waals surface area contributed by atoms with Gasteiger partial charge in [-0.3, -0.25) is 0 Å². The van der Waals surface area contributed by atoms with Gasteiger partial charge >= 0.3 is 0 Å². The highest BCUT2D eigenvalue weighted by Gasteiger charge is 2.19. The van der Waals surface area contributed by atoms with E-state index in [1.807, 2.05) is 6.07 Å². The first kappa shape index (κ1) is 10.5. The highest BCUT2D eigenvalue weighted by molar-refractivity contribution is 5.41. The standard InChI is InChI=1S/C12H17NO2/c1-8(7-14-13)10-3-4-12-11(6-10)5-9(2)15-12/h3-4,6,8-9H,5,7,13H2,1-2H3. The van der Waals surface area contributed by atoms with Gasteiger partial charge in [0.2, 0.25) is 0 Å². The summed E-state index contributed by atoms with van der Waals surface area (Å²) in [6, 6.07) is 6.32. The van der Waals surface area contributed by atoms with Crippen LogP contribution in [-0.2, 0) is 11.3 Å². The lowest BCUT2D eigenvalue weighted by atomic mass is 9.98. The summed E-state index contributed by atoms with van der Waals surface area (Å²) >= 11 is 0. The summed E-state index contributed by atoms with van der Waals surface area (Å²) < 4.78 is 5.65. The van der Waals surface area contributed by atoms with E-state index < -0.39 is 0 Å². The van der Waals surface area contributed by atoms with E-state index in [4.69, 9.17) is 10.6 Å². The van der Waals surface area contributed by atoms with E-state index >= 15 is 0 Å². The first-order chi connectivity index (χ1) is 7.20. The fourth-order valence-corrected chi connectivity index (χ4v) is 1.99. The van der Waals surface area contributed by atoms with Crippen molar-refractivity contribution >= 4 is 0 Å². The lowest BCUT2D eigenvalue weighted by Gasteiger charge is -2.11. The molecule has 0 radical (unpaired) electrons. The van der Waals surface area contributed by atoms with Crippen molar-refractivity contribution in [1.29, 1.82) is 0 Å². The van der Waals surface area contributed by atoms with Gasteiger partial charge in [-0.15, -0.1) is 0 Å². The average Bonchev–Trinajstić information content (AvgIpc) is 2.57. The molecular weight excluding hydrogens is 190 g/mol. The minimum atomic E-state index is 0.302. The van der Waals surface area contributed by atoms with Crippen LogP contribution < -0.4 is 10.6 Å². The van der Waals surface area contributed by atoms with E-state index in [1.54, 1.807) is 0 Å². The second-order valence-electron chi connectivity index (χ2n) is 4.23. The molecule has 3 nitrogen and oxygen atoms in total. The molecule has 3 heteroatoms. The third kappa shape index (κ3) is 2.13. The lowest BCUT2D eigenvalue weighted by molar-refractivity contribution is 0.126. The van der Waals surface area contributed by atoms with E-state index in [0.717, 1.165) is 12.2 Å². The summed E-state index contributed by atoms with van der Waals surface area (Å²) in [6.07, 6.45) is 1.30. The summed E-state index contributed by atoms with van der Waals surface area (Å²) in [5.74, 6) is 6.43. The van der Waals surface area contributed by atoms with Crippen molar-refractivity contribution in [2.75, 3.05) is 6.61 Å². The second kappa shape index (κ2) is 4.21. The number of rotatable bonds is 3. The van der Waals surface area contributed by atoms with Gasteiger partial charge in [0.25, 0.3) is 0 Å². The lowest BCUT2D eigenvalue weighted by Crippen LogP contribution is -2.08. The molecule has 1 aliphatic heterocycles. The Bertz CT molecular complexity index is 351. The van der Waals surface area contributed by atoms with Gasteiger partial charge in [0, 0.05) is 12.3 Å². The van der Waals surface area contributed by atoms with E-state index in [9.17, 15) is 0 Å². The molecule has 1 aromatic carbocycles. The first-order valence-electron chi connectivity index (χ1n) is 5.32. The molecule has 2 rings (SSSR count). The molecule has 1 aromatic rings. The summed E-state index contributed by atoms with van der Waals surface area (Å²) in [7, 11) is 0. The Morgan fingerprint density at radius 2 is 2.40 bits per heavy atom. The van der Waals surface area contributed by atoms with Crippen molar-refractivity contribution < 1.29 is 9.57 Å². The Morgan fingerprint density at radius 1 is 1.60 bits per heavy atom. The van der Waals surface area contributed by atoms with Crippen molar-refractivity contribution in [2.24, 2.45) is 5.90 Å². The number of ether oxygens (including phenoxy) is 1. The molecule has 0 aliphatic carbocycles. The van der Waals surface area contributed by atoms with Crippen molar-refractivity contribution in [3.8, 4) is 5.75 Å². The molecule has 0 aromatic heterocycles. The second-order valence-corrected chi connectivity index (χ2v) is 4.23. The molecule has 2 unspecified atom stereocenters. The van der Waals surface area contributed by atoms with Gasteiger partial charge in [-0.2, -0.15) is 0 Å². The number of hydrogen-bond donors (Lipinski definition) is 1. The van der Waals surface area contributed by atoms with Gasteiger partial charge in [-0.05, 0) is 24.1 Å². The van der Waals surface area contributed by atoms with Crippen LogP contribution >= 0.6 is 0 Å². The minimum absolute atomic E-state index is 0.302. The van der Waals surface area contributed by atoms with Gasteiger partial charge in [0.05, 0.1) is 6.61 Å². The van der Waals surface area contributed by atoms with Crippen LogP contribution in [0.5, 0.6) is 5.75 Å². The molecule has 0 amide bonds. The van der Waals surface area contributed by atoms with Crippen molar-refractivity contribution in [2.45, 2.75) is 32.3 Å².